The van der Waals surface area contributed by atoms with Crippen LogP contribution in [0.2, 0.25) is 0 Å². The van der Waals surface area contributed by atoms with Crippen LogP contribution in [0.25, 0.3) is 0 Å². The van der Waals surface area contributed by atoms with Crippen molar-refractivity contribution in [3.63, 3.8) is 0 Å². The first-order valence-corrected chi connectivity index (χ1v) is 6.01. The predicted octanol–water partition coefficient (Wildman–Crippen LogP) is 2.10. The number of hydrogen-bond donors (Lipinski definition) is 3. The number of nitrogens with two attached hydrogens (primary N) is 1. The Kier molecular flexibility index (Phi) is 5.24. The molecular weight excluding hydrogens is 284 g/mol. The summed E-state index contributed by atoms with van der Waals surface area (Å²) in [5.41, 5.74) is 3.39. The second-order valence-corrected chi connectivity index (χ2v) is 4.54. The fourth-order valence-electron chi connectivity index (χ4n) is 1.24. The molecule has 0 aliphatic rings. The molecule has 0 aliphatic carbocycles. The number of anilines is 1. The maximum absolute atomic E-state index is 5.38. The van der Waals surface area contributed by atoms with Gasteiger partial charge < -0.3 is 10.1 Å². The zero-order valence-electron chi connectivity index (χ0n) is 10.1. The van der Waals surface area contributed by atoms with Gasteiger partial charge in [-0.3, -0.25) is 5.43 Å². The summed E-state index contributed by atoms with van der Waals surface area (Å²) in [5.74, 6) is 6.68. The van der Waals surface area contributed by atoms with Crippen molar-refractivity contribution in [2.45, 2.75) is 19.9 Å². The van der Waals surface area contributed by atoms with E-state index < -0.39 is 0 Å². The molecule has 17 heavy (non-hydrogen) atoms. The van der Waals surface area contributed by atoms with Crippen LogP contribution in [0.5, 0.6) is 5.75 Å². The van der Waals surface area contributed by atoms with E-state index in [0.29, 0.717) is 5.96 Å². The first-order chi connectivity index (χ1) is 8.06. The van der Waals surface area contributed by atoms with E-state index in [2.05, 4.69) is 31.7 Å². The van der Waals surface area contributed by atoms with Crippen LogP contribution in [0, 0.1) is 0 Å². The number of rotatable bonds is 3. The summed E-state index contributed by atoms with van der Waals surface area (Å²) in [5, 5.41) is 3.08. The van der Waals surface area contributed by atoms with Gasteiger partial charge in [0.1, 0.15) is 5.75 Å². The Balaban J connectivity index is 2.84. The molecule has 1 aromatic carbocycles. The number of nitrogens with one attached hydrogen (secondary N) is 2. The molecule has 94 valence electrons. The van der Waals surface area contributed by atoms with E-state index >= 15 is 0 Å². The van der Waals surface area contributed by atoms with Crippen LogP contribution in [-0.2, 0) is 0 Å². The number of guanidine groups is 1. The third-order valence-electron chi connectivity index (χ3n) is 1.94. The summed E-state index contributed by atoms with van der Waals surface area (Å²) >= 11 is 3.41. The van der Waals surface area contributed by atoms with Gasteiger partial charge in [-0.1, -0.05) is 0 Å². The van der Waals surface area contributed by atoms with E-state index in [9.17, 15) is 0 Å². The van der Waals surface area contributed by atoms with Crippen LogP contribution >= 0.6 is 15.9 Å². The fourth-order valence-corrected chi connectivity index (χ4v) is 1.79. The number of hydrazine groups is 1. The van der Waals surface area contributed by atoms with Crippen molar-refractivity contribution >= 4 is 27.6 Å². The Morgan fingerprint density at radius 3 is 2.65 bits per heavy atom. The SMILES string of the molecule is COc1ccc(NC(=NC(C)C)NN)cc1Br. The van der Waals surface area contributed by atoms with Crippen molar-refractivity contribution in [2.75, 3.05) is 12.4 Å². The van der Waals surface area contributed by atoms with E-state index in [0.717, 1.165) is 15.9 Å². The van der Waals surface area contributed by atoms with Gasteiger partial charge in [0.2, 0.25) is 5.96 Å². The number of nitrogens with zero attached hydrogens (tertiary/aromatic N) is 1. The van der Waals surface area contributed by atoms with Crippen molar-refractivity contribution in [1.29, 1.82) is 0 Å². The minimum Gasteiger partial charge on any atom is -0.496 e. The van der Waals surface area contributed by atoms with Crippen molar-refractivity contribution in [1.82, 2.24) is 5.43 Å². The third kappa shape index (κ3) is 4.24. The molecule has 0 amide bonds. The number of halogens is 1. The molecule has 4 N–H and O–H groups in total. The molecule has 1 aromatic rings. The lowest BCUT2D eigenvalue weighted by molar-refractivity contribution is 0.412. The number of ether oxygens (including phenoxy) is 1. The van der Waals surface area contributed by atoms with Gasteiger partial charge in [-0.15, -0.1) is 0 Å². The van der Waals surface area contributed by atoms with Gasteiger partial charge in [0, 0.05) is 11.7 Å². The monoisotopic (exact) mass is 300 g/mol. The Labute approximate surface area is 110 Å². The highest BCUT2D eigenvalue weighted by molar-refractivity contribution is 9.10. The Morgan fingerprint density at radius 1 is 1.47 bits per heavy atom. The zero-order valence-corrected chi connectivity index (χ0v) is 11.7. The summed E-state index contributed by atoms with van der Waals surface area (Å²) in [6, 6.07) is 5.80. The molecular formula is C11H17BrN4O. The number of benzene rings is 1. The second-order valence-electron chi connectivity index (χ2n) is 3.69. The summed E-state index contributed by atoms with van der Waals surface area (Å²) in [6.07, 6.45) is 0. The van der Waals surface area contributed by atoms with Crippen LogP contribution in [0.3, 0.4) is 0 Å². The minimum absolute atomic E-state index is 0.162. The summed E-state index contributed by atoms with van der Waals surface area (Å²) in [4.78, 5) is 4.29. The molecule has 0 spiro atoms. The molecule has 5 nitrogen and oxygen atoms in total. The molecule has 0 atom stereocenters. The molecule has 0 saturated heterocycles. The van der Waals surface area contributed by atoms with Crippen molar-refractivity contribution in [3.8, 4) is 5.75 Å². The molecule has 0 bridgehead atoms. The van der Waals surface area contributed by atoms with E-state index in [1.165, 1.54) is 0 Å². The maximum Gasteiger partial charge on any atom is 0.210 e. The molecule has 0 fully saturated rings. The molecule has 0 unspecified atom stereocenters. The average molecular weight is 301 g/mol. The highest BCUT2D eigenvalue weighted by Gasteiger charge is 2.03. The van der Waals surface area contributed by atoms with Crippen molar-refractivity contribution < 1.29 is 4.74 Å². The Morgan fingerprint density at radius 2 is 2.18 bits per heavy atom. The normalized spacial score (nSPS) is 11.5. The van der Waals surface area contributed by atoms with E-state index in [4.69, 9.17) is 10.6 Å². The highest BCUT2D eigenvalue weighted by atomic mass is 79.9. The zero-order chi connectivity index (χ0) is 12.8. The molecule has 0 aliphatic heterocycles. The molecule has 0 saturated carbocycles. The first-order valence-electron chi connectivity index (χ1n) is 5.21. The molecule has 6 heteroatoms. The number of methoxy groups -OCH3 is 1. The standard InChI is InChI=1S/C11H17BrN4O/c1-7(2)14-11(16-13)15-8-4-5-10(17-3)9(12)6-8/h4-7H,13H2,1-3H3,(H2,14,15,16). The van der Waals surface area contributed by atoms with Crippen LogP contribution in [0.1, 0.15) is 13.8 Å². The van der Waals surface area contributed by atoms with Gasteiger partial charge in [-0.25, -0.2) is 10.8 Å². The van der Waals surface area contributed by atoms with Gasteiger partial charge in [-0.05, 0) is 48.0 Å². The minimum atomic E-state index is 0.162. The van der Waals surface area contributed by atoms with Gasteiger partial charge in [0.25, 0.3) is 0 Å². The van der Waals surface area contributed by atoms with Crippen molar-refractivity contribution in [3.05, 3.63) is 22.7 Å². The third-order valence-corrected chi connectivity index (χ3v) is 2.56. The lowest BCUT2D eigenvalue weighted by atomic mass is 10.3. The Bertz CT molecular complexity index is 406. The molecule has 0 radical (unpaired) electrons. The molecule has 0 aromatic heterocycles. The van der Waals surface area contributed by atoms with E-state index in [1.54, 1.807) is 7.11 Å². The lowest BCUT2D eigenvalue weighted by Crippen LogP contribution is -2.36. The van der Waals surface area contributed by atoms with Gasteiger partial charge in [-0.2, -0.15) is 0 Å². The van der Waals surface area contributed by atoms with Crippen LogP contribution < -0.4 is 21.3 Å². The quantitative estimate of drug-likeness (QED) is 0.346. The first kappa shape index (κ1) is 13.8. The average Bonchev–Trinajstić information content (AvgIpc) is 2.27. The van der Waals surface area contributed by atoms with Crippen molar-refractivity contribution in [2.24, 2.45) is 10.8 Å². The summed E-state index contributed by atoms with van der Waals surface area (Å²) in [6.45, 7) is 3.95. The van der Waals surface area contributed by atoms with Gasteiger partial charge in [0.15, 0.2) is 0 Å². The summed E-state index contributed by atoms with van der Waals surface area (Å²) < 4.78 is 6.02. The topological polar surface area (TPSA) is 71.7 Å². The van der Waals surface area contributed by atoms with E-state index in [-0.39, 0.29) is 6.04 Å². The summed E-state index contributed by atoms with van der Waals surface area (Å²) in [7, 11) is 1.63. The second kappa shape index (κ2) is 6.46. The molecule has 1 rings (SSSR count). The van der Waals surface area contributed by atoms with Crippen LogP contribution in [0.4, 0.5) is 5.69 Å². The fraction of sp³-hybridized carbons (Fsp3) is 0.364. The highest BCUT2D eigenvalue weighted by Crippen LogP contribution is 2.27. The van der Waals surface area contributed by atoms with Gasteiger partial charge in [0.05, 0.1) is 11.6 Å². The van der Waals surface area contributed by atoms with E-state index in [1.807, 2.05) is 32.0 Å². The van der Waals surface area contributed by atoms with Gasteiger partial charge >= 0.3 is 0 Å². The van der Waals surface area contributed by atoms with Crippen LogP contribution in [-0.4, -0.2) is 19.1 Å². The lowest BCUT2D eigenvalue weighted by Gasteiger charge is -2.11. The van der Waals surface area contributed by atoms with Crippen LogP contribution in [0.15, 0.2) is 27.7 Å². The maximum atomic E-state index is 5.38. The predicted molar refractivity (Wildman–Crippen MR) is 74.2 cm³/mol. The number of aliphatic imine (C=N–C) groups is 1. The number of hydrogen-bond acceptors (Lipinski definition) is 3. The smallest absolute Gasteiger partial charge is 0.210 e. The Hall–Kier alpha value is -1.27. The molecule has 0 heterocycles. The largest absolute Gasteiger partial charge is 0.496 e.